The van der Waals surface area contributed by atoms with Crippen LogP contribution in [-0.2, 0) is 14.3 Å². The molecule has 88 valence electrons. The van der Waals surface area contributed by atoms with Crippen LogP contribution in [0.4, 0.5) is 0 Å². The molecule has 0 radical (unpaired) electrons. The highest BCUT2D eigenvalue weighted by Crippen LogP contribution is 2.20. The van der Waals surface area contributed by atoms with E-state index in [9.17, 15) is 4.79 Å². The third kappa shape index (κ3) is 2.90. The number of rotatable bonds is 2. The number of amides is 1. The summed E-state index contributed by atoms with van der Waals surface area (Å²) in [6.07, 6.45) is -0.578. The number of ether oxygens (including phenoxy) is 2. The van der Waals surface area contributed by atoms with Gasteiger partial charge in [0.25, 0.3) is 0 Å². The summed E-state index contributed by atoms with van der Waals surface area (Å²) in [6.45, 7) is 6.83. The molecule has 2 N–H and O–H groups in total. The third-order valence-electron chi connectivity index (χ3n) is 2.47. The Labute approximate surface area is 90.5 Å². The molecule has 0 bridgehead atoms. The van der Waals surface area contributed by atoms with Crippen LogP contribution >= 0.6 is 0 Å². The molecule has 1 heterocycles. The molecule has 0 aromatic rings. The minimum Gasteiger partial charge on any atom is -0.333 e. The Morgan fingerprint density at radius 3 is 2.27 bits per heavy atom. The first kappa shape index (κ1) is 12.4. The molecule has 1 unspecified atom stereocenters. The molecule has 15 heavy (non-hydrogen) atoms. The zero-order chi connectivity index (χ0) is 11.6. The number of hydrogen-bond donors (Lipinski definition) is 1. The molecule has 5 heteroatoms. The zero-order valence-electron chi connectivity index (χ0n) is 9.82. The van der Waals surface area contributed by atoms with Crippen molar-refractivity contribution in [3.05, 3.63) is 0 Å². The fraction of sp³-hybridized carbons (Fsp3) is 0.900. The molecule has 0 aromatic carbocycles. The van der Waals surface area contributed by atoms with Gasteiger partial charge in [0.15, 0.2) is 0 Å². The molecular formula is C10H20N2O3. The lowest BCUT2D eigenvalue weighted by molar-refractivity contribution is -0.172. The van der Waals surface area contributed by atoms with Gasteiger partial charge in [-0.2, -0.15) is 0 Å². The van der Waals surface area contributed by atoms with Gasteiger partial charge in [-0.15, -0.1) is 0 Å². The van der Waals surface area contributed by atoms with Gasteiger partial charge >= 0.3 is 0 Å². The van der Waals surface area contributed by atoms with E-state index in [1.165, 1.54) is 4.90 Å². The van der Waals surface area contributed by atoms with Crippen molar-refractivity contribution in [2.24, 2.45) is 11.1 Å². The first-order valence-electron chi connectivity index (χ1n) is 5.09. The third-order valence-corrected chi connectivity index (χ3v) is 2.47. The topological polar surface area (TPSA) is 64.8 Å². The lowest BCUT2D eigenvalue weighted by atomic mass is 9.87. The normalized spacial score (nSPS) is 20.3. The number of carbonyl (C=O) groups is 1. The van der Waals surface area contributed by atoms with Gasteiger partial charge in [0.05, 0.1) is 19.3 Å². The summed E-state index contributed by atoms with van der Waals surface area (Å²) in [5.74, 6) is -0.158. The largest absolute Gasteiger partial charge is 0.333 e. The van der Waals surface area contributed by atoms with E-state index in [0.29, 0.717) is 13.2 Å². The van der Waals surface area contributed by atoms with Crippen LogP contribution < -0.4 is 5.73 Å². The summed E-state index contributed by atoms with van der Waals surface area (Å²) in [5.41, 5.74) is 5.60. The van der Waals surface area contributed by atoms with Crippen LogP contribution in [0, 0.1) is 5.41 Å². The Kier molecular flexibility index (Phi) is 3.70. The summed E-state index contributed by atoms with van der Waals surface area (Å²) in [6, 6.07) is -0.546. The van der Waals surface area contributed by atoms with Crippen molar-refractivity contribution in [1.82, 2.24) is 4.90 Å². The minimum absolute atomic E-state index is 0.158. The van der Waals surface area contributed by atoms with Gasteiger partial charge in [-0.25, -0.2) is 0 Å². The Morgan fingerprint density at radius 2 is 1.87 bits per heavy atom. The Bertz CT molecular complexity index is 231. The number of nitrogens with two attached hydrogens (primary N) is 1. The van der Waals surface area contributed by atoms with Gasteiger partial charge in [-0.3, -0.25) is 9.69 Å². The Hall–Kier alpha value is -0.650. The summed E-state index contributed by atoms with van der Waals surface area (Å²) in [4.78, 5) is 13.3. The predicted molar refractivity (Wildman–Crippen MR) is 55.9 cm³/mol. The number of likely N-dealkylation sites (N-methyl/N-ethyl adjacent to an activating group) is 1. The molecule has 1 fully saturated rings. The summed E-state index contributed by atoms with van der Waals surface area (Å²) >= 11 is 0. The van der Waals surface area contributed by atoms with Crippen LogP contribution in [-0.4, -0.2) is 43.5 Å². The molecule has 1 rings (SSSR count). The highest BCUT2D eigenvalue weighted by atomic mass is 16.7. The number of nitrogens with zero attached hydrogens (tertiary/aromatic N) is 1. The predicted octanol–water partition coefficient (Wildman–Crippen LogP) is 0.149. The maximum absolute atomic E-state index is 11.9. The maximum Gasteiger partial charge on any atom is 0.243 e. The van der Waals surface area contributed by atoms with Gasteiger partial charge in [0.2, 0.25) is 12.3 Å². The second-order valence-electron chi connectivity index (χ2n) is 4.84. The SMILES string of the molecule is CN(C(=O)C(N)C(C)(C)C)C1OCCO1. The maximum atomic E-state index is 11.9. The van der Waals surface area contributed by atoms with Crippen molar-refractivity contribution >= 4 is 5.91 Å². The monoisotopic (exact) mass is 216 g/mol. The molecule has 1 atom stereocenters. The highest BCUT2D eigenvalue weighted by Gasteiger charge is 2.34. The first-order valence-corrected chi connectivity index (χ1v) is 5.09. The van der Waals surface area contributed by atoms with Crippen molar-refractivity contribution in [3.8, 4) is 0 Å². The quantitative estimate of drug-likeness (QED) is 0.713. The van der Waals surface area contributed by atoms with Gasteiger partial charge in [0, 0.05) is 7.05 Å². The van der Waals surface area contributed by atoms with E-state index in [-0.39, 0.29) is 11.3 Å². The van der Waals surface area contributed by atoms with Crippen molar-refractivity contribution < 1.29 is 14.3 Å². The molecule has 5 nitrogen and oxygen atoms in total. The molecule has 1 saturated heterocycles. The molecule has 0 aliphatic carbocycles. The Balaban J connectivity index is 2.59. The van der Waals surface area contributed by atoms with E-state index < -0.39 is 12.5 Å². The van der Waals surface area contributed by atoms with Gasteiger partial charge < -0.3 is 15.2 Å². The second-order valence-corrected chi connectivity index (χ2v) is 4.84. The molecule has 1 amide bonds. The summed E-state index contributed by atoms with van der Waals surface area (Å²) in [7, 11) is 1.64. The van der Waals surface area contributed by atoms with Crippen LogP contribution in [0.25, 0.3) is 0 Å². The van der Waals surface area contributed by atoms with Crippen molar-refractivity contribution in [2.75, 3.05) is 20.3 Å². The first-order chi connectivity index (χ1) is 6.84. The highest BCUT2D eigenvalue weighted by molar-refractivity contribution is 5.82. The minimum atomic E-state index is -0.578. The van der Waals surface area contributed by atoms with Gasteiger partial charge in [0.1, 0.15) is 0 Å². The average molecular weight is 216 g/mol. The molecule has 1 aliphatic rings. The summed E-state index contributed by atoms with van der Waals surface area (Å²) < 4.78 is 10.5. The van der Waals surface area contributed by atoms with Gasteiger partial charge in [-0.1, -0.05) is 20.8 Å². The number of carbonyl (C=O) groups excluding carboxylic acids is 1. The van der Waals surface area contributed by atoms with Crippen LogP contribution in [0.5, 0.6) is 0 Å². The van der Waals surface area contributed by atoms with Crippen LogP contribution in [0.15, 0.2) is 0 Å². The molecule has 0 spiro atoms. The van der Waals surface area contributed by atoms with Crippen LogP contribution in [0.2, 0.25) is 0 Å². The lowest BCUT2D eigenvalue weighted by Gasteiger charge is -2.31. The fourth-order valence-corrected chi connectivity index (χ4v) is 1.26. The fourth-order valence-electron chi connectivity index (χ4n) is 1.26. The lowest BCUT2D eigenvalue weighted by Crippen LogP contribution is -2.52. The second kappa shape index (κ2) is 4.47. The smallest absolute Gasteiger partial charge is 0.243 e. The average Bonchev–Trinajstić information content (AvgIpc) is 2.65. The van der Waals surface area contributed by atoms with E-state index in [2.05, 4.69) is 0 Å². The molecular weight excluding hydrogens is 196 g/mol. The molecule has 1 aliphatic heterocycles. The number of hydrogen-bond acceptors (Lipinski definition) is 4. The van der Waals surface area contributed by atoms with Crippen LogP contribution in [0.3, 0.4) is 0 Å². The van der Waals surface area contributed by atoms with E-state index in [0.717, 1.165) is 0 Å². The molecule has 0 saturated carbocycles. The van der Waals surface area contributed by atoms with E-state index in [4.69, 9.17) is 15.2 Å². The van der Waals surface area contributed by atoms with Crippen molar-refractivity contribution in [1.29, 1.82) is 0 Å². The molecule has 0 aromatic heterocycles. The van der Waals surface area contributed by atoms with Crippen LogP contribution in [0.1, 0.15) is 20.8 Å². The van der Waals surface area contributed by atoms with Gasteiger partial charge in [-0.05, 0) is 5.41 Å². The van der Waals surface area contributed by atoms with Crippen molar-refractivity contribution in [3.63, 3.8) is 0 Å². The van der Waals surface area contributed by atoms with E-state index in [1.807, 2.05) is 20.8 Å². The van der Waals surface area contributed by atoms with Crippen molar-refractivity contribution in [2.45, 2.75) is 33.2 Å². The standard InChI is InChI=1S/C10H20N2O3/c1-10(2,3)7(11)8(13)12(4)9-14-5-6-15-9/h7,9H,5-6,11H2,1-4H3. The zero-order valence-corrected chi connectivity index (χ0v) is 9.82. The summed E-state index contributed by atoms with van der Waals surface area (Å²) in [5, 5.41) is 0. The van der Waals surface area contributed by atoms with E-state index >= 15 is 0 Å². The Morgan fingerprint density at radius 1 is 1.40 bits per heavy atom. The van der Waals surface area contributed by atoms with E-state index in [1.54, 1.807) is 7.05 Å².